The van der Waals surface area contributed by atoms with Gasteiger partial charge in [-0.15, -0.1) is 0 Å². The molecule has 57 heavy (non-hydrogen) atoms. The summed E-state index contributed by atoms with van der Waals surface area (Å²) in [4.78, 5) is 53.0. The van der Waals surface area contributed by atoms with Gasteiger partial charge in [-0.2, -0.15) is 0 Å². The number of phenolic OH excluding ortho intramolecular Hbond substituents is 1. The molecule has 5 N–H and O–H groups in total. The number of unbranched alkanes of at least 4 members (excludes halogenated alkanes) is 5. The molecule has 1 heterocycles. The Morgan fingerprint density at radius 1 is 0.930 bits per heavy atom. The summed E-state index contributed by atoms with van der Waals surface area (Å²) in [6.07, 6.45) is 6.24. The van der Waals surface area contributed by atoms with Crippen LogP contribution in [0.2, 0.25) is 0 Å². The lowest BCUT2D eigenvalue weighted by Gasteiger charge is -2.40. The molecule has 4 rings (SSSR count). The zero-order valence-electron chi connectivity index (χ0n) is 34.1. The van der Waals surface area contributed by atoms with E-state index in [4.69, 9.17) is 23.7 Å². The number of hydrogen-bond donors (Lipinski definition) is 5. The third-order valence-electron chi connectivity index (χ3n) is 9.51. The lowest BCUT2D eigenvalue weighted by atomic mass is 9.78. The first-order valence-corrected chi connectivity index (χ1v) is 20.0. The fourth-order valence-electron chi connectivity index (χ4n) is 6.74. The maximum atomic E-state index is 14.0. The number of hydrogen-bond acceptors (Lipinski definition) is 11. The number of aromatic hydroxyl groups is 1. The Bertz CT molecular complexity index is 1660. The maximum Gasteiger partial charge on any atom is 0.407 e. The molecule has 2 aromatic rings. The number of esters is 1. The van der Waals surface area contributed by atoms with Gasteiger partial charge >= 0.3 is 12.1 Å². The van der Waals surface area contributed by atoms with E-state index in [-0.39, 0.29) is 38.0 Å². The molecule has 14 nitrogen and oxygen atoms in total. The van der Waals surface area contributed by atoms with Crippen molar-refractivity contribution in [1.82, 2.24) is 10.6 Å². The van der Waals surface area contributed by atoms with Crippen molar-refractivity contribution < 1.29 is 53.1 Å². The van der Waals surface area contributed by atoms with E-state index in [9.17, 15) is 29.4 Å². The summed E-state index contributed by atoms with van der Waals surface area (Å²) in [5.74, 6) is -2.46. The SMILES string of the molecule is CCCCCCCCOc1ccc(NC(=O)C(CCCNC(=O)OC(C)(C)C)NC(=O)C2(O)CC(OC(=O)/C=C/c3ccc(O)cc3)C3OC(C)(C)OC3C2)cc1. The van der Waals surface area contributed by atoms with Crippen LogP contribution in [-0.2, 0) is 33.3 Å². The molecule has 0 bridgehead atoms. The van der Waals surface area contributed by atoms with Gasteiger partial charge in [0.15, 0.2) is 5.79 Å². The van der Waals surface area contributed by atoms with Crippen LogP contribution in [0.1, 0.15) is 111 Å². The molecule has 2 aliphatic rings. The van der Waals surface area contributed by atoms with Gasteiger partial charge in [-0.05, 0) is 102 Å². The molecule has 1 saturated heterocycles. The summed E-state index contributed by atoms with van der Waals surface area (Å²) >= 11 is 0. The van der Waals surface area contributed by atoms with Crippen molar-refractivity contribution in [2.45, 2.75) is 147 Å². The molecule has 2 fully saturated rings. The van der Waals surface area contributed by atoms with Gasteiger partial charge in [0.2, 0.25) is 5.91 Å². The predicted octanol–water partition coefficient (Wildman–Crippen LogP) is 6.53. The number of phenols is 1. The fourth-order valence-corrected chi connectivity index (χ4v) is 6.74. The zero-order valence-corrected chi connectivity index (χ0v) is 34.1. The van der Waals surface area contributed by atoms with Gasteiger partial charge in [-0.25, -0.2) is 9.59 Å². The van der Waals surface area contributed by atoms with Crippen molar-refractivity contribution in [2.24, 2.45) is 0 Å². The van der Waals surface area contributed by atoms with Gasteiger partial charge in [0.05, 0.1) is 12.7 Å². The summed E-state index contributed by atoms with van der Waals surface area (Å²) in [5, 5.41) is 29.7. The Labute approximate surface area is 336 Å². The second kappa shape index (κ2) is 20.7. The zero-order chi connectivity index (χ0) is 41.6. The van der Waals surface area contributed by atoms with E-state index in [1.165, 1.54) is 50.0 Å². The highest BCUT2D eigenvalue weighted by Gasteiger charge is 2.57. The van der Waals surface area contributed by atoms with Crippen LogP contribution < -0.4 is 20.7 Å². The molecule has 0 aromatic heterocycles. The summed E-state index contributed by atoms with van der Waals surface area (Å²) in [6, 6.07) is 12.0. The highest BCUT2D eigenvalue weighted by molar-refractivity contribution is 5.98. The number of anilines is 1. The summed E-state index contributed by atoms with van der Waals surface area (Å²) in [6.45, 7) is 11.6. The molecule has 1 aliphatic heterocycles. The number of rotatable bonds is 19. The van der Waals surface area contributed by atoms with Gasteiger partial charge in [-0.3, -0.25) is 9.59 Å². The first-order chi connectivity index (χ1) is 26.9. The molecule has 314 valence electrons. The minimum atomic E-state index is -2.11. The molecule has 0 spiro atoms. The highest BCUT2D eigenvalue weighted by atomic mass is 16.8. The summed E-state index contributed by atoms with van der Waals surface area (Å²) in [5.41, 5.74) is -1.69. The van der Waals surface area contributed by atoms with Crippen LogP contribution in [0, 0.1) is 0 Å². The number of amides is 3. The minimum Gasteiger partial charge on any atom is -0.508 e. The van der Waals surface area contributed by atoms with E-state index < -0.39 is 65.2 Å². The van der Waals surface area contributed by atoms with Gasteiger partial charge in [0.1, 0.15) is 41.0 Å². The first kappa shape index (κ1) is 45.0. The van der Waals surface area contributed by atoms with Crippen molar-refractivity contribution in [3.63, 3.8) is 0 Å². The Morgan fingerprint density at radius 2 is 1.61 bits per heavy atom. The van der Waals surface area contributed by atoms with E-state index in [1.807, 2.05) is 0 Å². The van der Waals surface area contributed by atoms with Crippen LogP contribution in [0.4, 0.5) is 10.5 Å². The number of fused-ring (bicyclic) bond motifs is 1. The van der Waals surface area contributed by atoms with Crippen LogP contribution in [0.15, 0.2) is 54.6 Å². The molecule has 14 heteroatoms. The quantitative estimate of drug-likeness (QED) is 0.0590. The maximum absolute atomic E-state index is 14.0. The molecular formula is C43H61N3O11. The van der Waals surface area contributed by atoms with Crippen LogP contribution in [0.5, 0.6) is 11.5 Å². The lowest BCUT2D eigenvalue weighted by Crippen LogP contribution is -2.61. The largest absolute Gasteiger partial charge is 0.508 e. The number of nitrogens with one attached hydrogen (secondary N) is 3. The second-order valence-electron chi connectivity index (χ2n) is 16.2. The predicted molar refractivity (Wildman–Crippen MR) is 214 cm³/mol. The normalized spacial score (nSPS) is 21.9. The van der Waals surface area contributed by atoms with E-state index in [0.29, 0.717) is 23.6 Å². The van der Waals surface area contributed by atoms with Crippen LogP contribution in [0.3, 0.4) is 0 Å². The van der Waals surface area contributed by atoms with Crippen molar-refractivity contribution in [2.75, 3.05) is 18.5 Å². The molecule has 5 unspecified atom stereocenters. The van der Waals surface area contributed by atoms with Crippen LogP contribution in [0.25, 0.3) is 6.08 Å². The topological polar surface area (TPSA) is 191 Å². The molecule has 2 aromatic carbocycles. The van der Waals surface area contributed by atoms with Crippen molar-refractivity contribution in [1.29, 1.82) is 0 Å². The molecule has 0 radical (unpaired) electrons. The lowest BCUT2D eigenvalue weighted by molar-refractivity contribution is -0.176. The monoisotopic (exact) mass is 795 g/mol. The van der Waals surface area contributed by atoms with Gasteiger partial charge in [-0.1, -0.05) is 51.2 Å². The molecule has 3 amide bonds. The molecule has 1 aliphatic carbocycles. The van der Waals surface area contributed by atoms with E-state index in [1.54, 1.807) is 71.0 Å². The fraction of sp³-hybridized carbons (Fsp3) is 0.581. The molecule has 5 atom stereocenters. The number of benzene rings is 2. The Kier molecular flexibility index (Phi) is 16.3. The van der Waals surface area contributed by atoms with E-state index >= 15 is 0 Å². The number of ether oxygens (including phenoxy) is 5. The number of carbonyl (C=O) groups excluding carboxylic acids is 4. The third-order valence-corrected chi connectivity index (χ3v) is 9.51. The number of alkyl carbamates (subject to hydrolysis) is 1. The average Bonchev–Trinajstić information content (AvgIpc) is 3.45. The molecule has 1 saturated carbocycles. The molecular weight excluding hydrogens is 734 g/mol. The van der Waals surface area contributed by atoms with Crippen molar-refractivity contribution >= 4 is 35.6 Å². The Hall–Kier alpha value is -4.66. The van der Waals surface area contributed by atoms with E-state index in [0.717, 1.165) is 12.8 Å². The van der Waals surface area contributed by atoms with Gasteiger partial charge in [0, 0.05) is 31.1 Å². The van der Waals surface area contributed by atoms with Crippen molar-refractivity contribution in [3.8, 4) is 11.5 Å². The summed E-state index contributed by atoms with van der Waals surface area (Å²) in [7, 11) is 0. The minimum absolute atomic E-state index is 0.0804. The Balaban J connectivity index is 1.43. The van der Waals surface area contributed by atoms with Gasteiger partial charge < -0.3 is 49.8 Å². The average molecular weight is 796 g/mol. The third kappa shape index (κ3) is 15.0. The first-order valence-electron chi connectivity index (χ1n) is 20.0. The smallest absolute Gasteiger partial charge is 0.407 e. The second-order valence-corrected chi connectivity index (χ2v) is 16.2. The number of carbonyl (C=O) groups is 4. The Morgan fingerprint density at radius 3 is 2.30 bits per heavy atom. The van der Waals surface area contributed by atoms with E-state index in [2.05, 4.69) is 22.9 Å². The van der Waals surface area contributed by atoms with Crippen LogP contribution in [-0.4, -0.2) is 88.6 Å². The summed E-state index contributed by atoms with van der Waals surface area (Å²) < 4.78 is 29.0. The van der Waals surface area contributed by atoms with Crippen molar-refractivity contribution in [3.05, 3.63) is 60.2 Å². The number of aliphatic hydroxyl groups is 1. The highest BCUT2D eigenvalue weighted by Crippen LogP contribution is 2.42. The van der Waals surface area contributed by atoms with Crippen LogP contribution >= 0.6 is 0 Å². The standard InChI is InChI=1S/C43H61N3O11/c1-7-8-9-10-11-12-26-53-32-22-18-30(19-23-32)45-38(49)33(14-13-25-44-40(51)57-41(2,3)4)46-39(50)43(52)27-34(37-35(28-43)55-42(5,6)56-37)54-36(48)24-17-29-15-20-31(47)21-16-29/h15-24,33-35,37,47,52H,7-14,25-28H2,1-6H3,(H,44,51)(H,45,49)(H,46,50)/b24-17+. The van der Waals surface area contributed by atoms with Gasteiger partial charge in [0.25, 0.3) is 5.91 Å².